The number of anilines is 2. The van der Waals surface area contributed by atoms with E-state index >= 15 is 0 Å². The normalized spacial score (nSPS) is 26.4. The Morgan fingerprint density at radius 1 is 1.07 bits per heavy atom. The van der Waals surface area contributed by atoms with Gasteiger partial charge in [0.25, 0.3) is 5.91 Å². The summed E-state index contributed by atoms with van der Waals surface area (Å²) >= 11 is 0. The second kappa shape index (κ2) is 6.74. The van der Waals surface area contributed by atoms with Gasteiger partial charge >= 0.3 is 0 Å². The van der Waals surface area contributed by atoms with E-state index in [9.17, 15) is 9.59 Å². The highest BCUT2D eigenvalue weighted by Crippen LogP contribution is 2.39. The van der Waals surface area contributed by atoms with Gasteiger partial charge in [-0.3, -0.25) is 9.59 Å². The molecule has 4 heterocycles. The Kier molecular flexibility index (Phi) is 4.32. The lowest BCUT2D eigenvalue weighted by Gasteiger charge is -2.44. The number of carbonyl (C=O) groups excluding carboxylic acids is 2. The lowest BCUT2D eigenvalue weighted by atomic mass is 9.95. The smallest absolute Gasteiger partial charge is 0.253 e. The van der Waals surface area contributed by atoms with Crippen LogP contribution < -0.4 is 9.80 Å². The fourth-order valence-corrected chi connectivity index (χ4v) is 5.01. The van der Waals surface area contributed by atoms with Crippen molar-refractivity contribution in [1.29, 1.82) is 0 Å². The molecule has 7 nitrogen and oxygen atoms in total. The number of nitrogens with zero attached hydrogens (tertiary/aromatic N) is 3. The van der Waals surface area contributed by atoms with Gasteiger partial charge < -0.3 is 24.2 Å². The van der Waals surface area contributed by atoms with Crippen LogP contribution in [0.15, 0.2) is 18.2 Å². The molecule has 4 aliphatic rings. The number of piperidine rings is 2. The minimum absolute atomic E-state index is 0.0114. The summed E-state index contributed by atoms with van der Waals surface area (Å²) in [5.74, 6) is -0.341. The maximum atomic E-state index is 13.1. The monoisotopic (exact) mass is 385 g/mol. The molecule has 3 saturated heterocycles. The molecule has 1 unspecified atom stereocenters. The Labute approximate surface area is 165 Å². The van der Waals surface area contributed by atoms with Gasteiger partial charge in [-0.2, -0.15) is 0 Å². The number of fused-ring (bicyclic) bond motifs is 3. The zero-order chi connectivity index (χ0) is 19.3. The van der Waals surface area contributed by atoms with Crippen LogP contribution in [-0.4, -0.2) is 68.4 Å². The summed E-state index contributed by atoms with van der Waals surface area (Å²) < 4.78 is 11.5. The summed E-state index contributed by atoms with van der Waals surface area (Å²) in [6, 6.07) is 5.74. The third kappa shape index (κ3) is 2.79. The number of carbonyl (C=O) groups is 2. The second-order valence-corrected chi connectivity index (χ2v) is 8.21. The van der Waals surface area contributed by atoms with E-state index in [0.717, 1.165) is 37.2 Å². The van der Waals surface area contributed by atoms with E-state index in [2.05, 4.69) is 4.90 Å². The summed E-state index contributed by atoms with van der Waals surface area (Å²) in [6.45, 7) is 3.42. The Bertz CT molecular complexity index is 795. The first-order chi connectivity index (χ1) is 13.6. The van der Waals surface area contributed by atoms with Crippen molar-refractivity contribution in [2.45, 2.75) is 43.9 Å². The van der Waals surface area contributed by atoms with Gasteiger partial charge in [0.1, 0.15) is 6.04 Å². The van der Waals surface area contributed by atoms with Crippen molar-refractivity contribution in [3.63, 3.8) is 0 Å². The lowest BCUT2D eigenvalue weighted by Crippen LogP contribution is -2.54. The predicted molar refractivity (Wildman–Crippen MR) is 105 cm³/mol. The Hall–Kier alpha value is -2.12. The zero-order valence-corrected chi connectivity index (χ0v) is 16.4. The second-order valence-electron chi connectivity index (χ2n) is 8.21. The third-order valence-electron chi connectivity index (χ3n) is 6.64. The summed E-state index contributed by atoms with van der Waals surface area (Å²) in [5, 5.41) is 0. The number of likely N-dealkylation sites (N-methyl/N-ethyl adjacent to an activating group) is 1. The molecule has 0 aromatic heterocycles. The minimum Gasteiger partial charge on any atom is -0.358 e. The van der Waals surface area contributed by atoms with Crippen molar-refractivity contribution in [2.75, 3.05) is 49.7 Å². The highest BCUT2D eigenvalue weighted by atomic mass is 16.7. The van der Waals surface area contributed by atoms with Crippen LogP contribution in [0, 0.1) is 0 Å². The Morgan fingerprint density at radius 3 is 2.57 bits per heavy atom. The number of hydrogen-bond acceptors (Lipinski definition) is 5. The van der Waals surface area contributed by atoms with E-state index in [-0.39, 0.29) is 17.9 Å². The molecule has 0 saturated carbocycles. The molecule has 1 aromatic carbocycles. The molecule has 0 radical (unpaired) electrons. The molecule has 4 aliphatic heterocycles. The molecule has 150 valence electrons. The fourth-order valence-electron chi connectivity index (χ4n) is 5.01. The van der Waals surface area contributed by atoms with Crippen LogP contribution in [0.5, 0.6) is 0 Å². The Morgan fingerprint density at radius 2 is 1.82 bits per heavy atom. The average molecular weight is 385 g/mol. The number of ether oxygens (including phenoxy) is 2. The van der Waals surface area contributed by atoms with Gasteiger partial charge in [-0.15, -0.1) is 0 Å². The van der Waals surface area contributed by atoms with Gasteiger partial charge in [0.2, 0.25) is 5.91 Å². The van der Waals surface area contributed by atoms with E-state index in [1.165, 1.54) is 0 Å². The van der Waals surface area contributed by atoms with Gasteiger partial charge in [0.05, 0.1) is 24.6 Å². The number of amides is 2. The lowest BCUT2D eigenvalue weighted by molar-refractivity contribution is -0.181. The fraction of sp³-hybridized carbons (Fsp3) is 0.619. The SMILES string of the molecule is CN1C(=O)C2CCCCN2c2ccc(C(=O)N3CCC4(CC3)OCCO4)cc21. The first-order valence-corrected chi connectivity index (χ1v) is 10.3. The van der Waals surface area contributed by atoms with E-state index in [4.69, 9.17) is 9.47 Å². The molecule has 1 aromatic rings. The third-order valence-corrected chi connectivity index (χ3v) is 6.64. The molecule has 1 atom stereocenters. The van der Waals surface area contributed by atoms with Crippen molar-refractivity contribution >= 4 is 23.2 Å². The molecule has 0 bridgehead atoms. The van der Waals surface area contributed by atoms with Crippen LogP contribution in [-0.2, 0) is 14.3 Å². The van der Waals surface area contributed by atoms with Crippen molar-refractivity contribution in [2.24, 2.45) is 0 Å². The molecule has 5 rings (SSSR count). The standard InChI is InChI=1S/C21H27N3O4/c1-22-18-14-15(5-6-16(18)24-9-3-2-4-17(24)20(22)26)19(25)23-10-7-21(8-11-23)27-12-13-28-21/h5-6,14,17H,2-4,7-13H2,1H3. The van der Waals surface area contributed by atoms with Crippen LogP contribution in [0.3, 0.4) is 0 Å². The molecule has 2 amide bonds. The molecular weight excluding hydrogens is 358 g/mol. The number of rotatable bonds is 1. The predicted octanol–water partition coefficient (Wildman–Crippen LogP) is 2.00. The quantitative estimate of drug-likeness (QED) is 0.740. The molecular formula is C21H27N3O4. The number of benzene rings is 1. The van der Waals surface area contributed by atoms with Gasteiger partial charge in [-0.05, 0) is 37.5 Å². The summed E-state index contributed by atoms with van der Waals surface area (Å²) in [5.41, 5.74) is 2.54. The van der Waals surface area contributed by atoms with Gasteiger partial charge in [-0.25, -0.2) is 0 Å². The molecule has 3 fully saturated rings. The van der Waals surface area contributed by atoms with E-state index in [1.54, 1.807) is 4.90 Å². The van der Waals surface area contributed by atoms with Gasteiger partial charge in [0.15, 0.2) is 5.79 Å². The van der Waals surface area contributed by atoms with Crippen LogP contribution in [0.1, 0.15) is 42.5 Å². The van der Waals surface area contributed by atoms with Gasteiger partial charge in [-0.1, -0.05) is 0 Å². The zero-order valence-electron chi connectivity index (χ0n) is 16.4. The summed E-state index contributed by atoms with van der Waals surface area (Å²) in [4.78, 5) is 31.7. The van der Waals surface area contributed by atoms with Crippen molar-refractivity contribution in [3.8, 4) is 0 Å². The van der Waals surface area contributed by atoms with Crippen molar-refractivity contribution < 1.29 is 19.1 Å². The van der Waals surface area contributed by atoms with Crippen molar-refractivity contribution in [3.05, 3.63) is 23.8 Å². The van der Waals surface area contributed by atoms with Crippen LogP contribution in [0.4, 0.5) is 11.4 Å². The van der Waals surface area contributed by atoms with E-state index < -0.39 is 5.79 Å². The van der Waals surface area contributed by atoms with Crippen LogP contribution in [0.2, 0.25) is 0 Å². The molecule has 28 heavy (non-hydrogen) atoms. The summed E-state index contributed by atoms with van der Waals surface area (Å²) in [7, 11) is 1.82. The Balaban J connectivity index is 1.37. The minimum atomic E-state index is -0.484. The van der Waals surface area contributed by atoms with Crippen LogP contribution >= 0.6 is 0 Å². The number of likely N-dealkylation sites (tertiary alicyclic amines) is 1. The van der Waals surface area contributed by atoms with E-state index in [0.29, 0.717) is 44.7 Å². The number of hydrogen-bond donors (Lipinski definition) is 0. The molecule has 0 N–H and O–H groups in total. The first-order valence-electron chi connectivity index (χ1n) is 10.3. The maximum absolute atomic E-state index is 13.1. The highest BCUT2D eigenvalue weighted by molar-refractivity contribution is 6.07. The van der Waals surface area contributed by atoms with Crippen LogP contribution in [0.25, 0.3) is 0 Å². The largest absolute Gasteiger partial charge is 0.358 e. The van der Waals surface area contributed by atoms with Gasteiger partial charge in [0, 0.05) is 45.1 Å². The van der Waals surface area contributed by atoms with Crippen molar-refractivity contribution in [1.82, 2.24) is 4.90 Å². The highest BCUT2D eigenvalue weighted by Gasteiger charge is 2.41. The molecule has 1 spiro atoms. The average Bonchev–Trinajstić information content (AvgIpc) is 3.19. The maximum Gasteiger partial charge on any atom is 0.253 e. The molecule has 7 heteroatoms. The van der Waals surface area contributed by atoms with E-state index in [1.807, 2.05) is 30.1 Å². The molecule has 0 aliphatic carbocycles. The topological polar surface area (TPSA) is 62.3 Å². The first kappa shape index (κ1) is 17.9. The summed E-state index contributed by atoms with van der Waals surface area (Å²) in [6.07, 6.45) is 4.52.